The van der Waals surface area contributed by atoms with Crippen molar-refractivity contribution in [3.63, 3.8) is 0 Å². The van der Waals surface area contributed by atoms with Gasteiger partial charge < -0.3 is 10.2 Å². The molecule has 1 N–H and O–H groups in total. The van der Waals surface area contributed by atoms with E-state index < -0.39 is 11.6 Å². The van der Waals surface area contributed by atoms with Crippen LogP contribution in [0.1, 0.15) is 23.2 Å². The highest BCUT2D eigenvalue weighted by Crippen LogP contribution is 2.25. The second kappa shape index (κ2) is 6.90. The Bertz CT molecular complexity index is 1000. The number of carbonyl (C=O) groups is 1. The van der Waals surface area contributed by atoms with E-state index in [9.17, 15) is 13.6 Å². The summed E-state index contributed by atoms with van der Waals surface area (Å²) in [5.74, 6) is -1.49. The molecule has 0 saturated carbocycles. The number of carbonyl (C=O) groups excluding carboxylic acids is 1. The lowest BCUT2D eigenvalue weighted by Crippen LogP contribution is -2.40. The zero-order chi connectivity index (χ0) is 19.0. The fourth-order valence-electron chi connectivity index (χ4n) is 3.34. The molecule has 3 heterocycles. The van der Waals surface area contributed by atoms with Gasteiger partial charge >= 0.3 is 0 Å². The molecule has 1 atom stereocenters. The van der Waals surface area contributed by atoms with Crippen LogP contribution in [-0.2, 0) is 7.05 Å². The van der Waals surface area contributed by atoms with Crippen LogP contribution in [0.4, 0.5) is 14.6 Å². The monoisotopic (exact) mass is 372 g/mol. The Morgan fingerprint density at radius 1 is 1.26 bits per heavy atom. The molecule has 27 heavy (non-hydrogen) atoms. The molecule has 140 valence electrons. The van der Waals surface area contributed by atoms with E-state index >= 15 is 0 Å². The Hall–Kier alpha value is -3.10. The van der Waals surface area contributed by atoms with Crippen molar-refractivity contribution < 1.29 is 13.6 Å². The molecule has 3 aromatic rings. The second-order valence-corrected chi connectivity index (χ2v) is 6.59. The van der Waals surface area contributed by atoms with Crippen molar-refractivity contribution in [2.24, 2.45) is 7.05 Å². The molecule has 1 unspecified atom stereocenters. The van der Waals surface area contributed by atoms with Crippen LogP contribution in [0.5, 0.6) is 0 Å². The lowest BCUT2D eigenvalue weighted by atomic mass is 10.2. The molecular formula is C18H18F2N6O. The van der Waals surface area contributed by atoms with Crippen molar-refractivity contribution in [2.45, 2.75) is 18.9 Å². The van der Waals surface area contributed by atoms with E-state index in [-0.39, 0.29) is 11.9 Å². The number of fused-ring (bicyclic) bond motifs is 1. The lowest BCUT2D eigenvalue weighted by Gasteiger charge is -2.25. The van der Waals surface area contributed by atoms with Gasteiger partial charge in [-0.3, -0.25) is 14.5 Å². The molecule has 1 aliphatic rings. The van der Waals surface area contributed by atoms with Gasteiger partial charge in [-0.15, -0.1) is 0 Å². The molecule has 1 aliphatic heterocycles. The van der Waals surface area contributed by atoms with E-state index in [2.05, 4.69) is 20.4 Å². The van der Waals surface area contributed by atoms with E-state index in [1.165, 1.54) is 6.20 Å². The maximum absolute atomic E-state index is 13.5. The Morgan fingerprint density at radius 2 is 2.04 bits per heavy atom. The fourth-order valence-corrected chi connectivity index (χ4v) is 3.34. The number of amides is 1. The first-order valence-electron chi connectivity index (χ1n) is 8.66. The summed E-state index contributed by atoms with van der Waals surface area (Å²) in [7, 11) is 1.75. The molecule has 4 rings (SSSR count). The van der Waals surface area contributed by atoms with Gasteiger partial charge in [0.1, 0.15) is 5.82 Å². The maximum Gasteiger partial charge on any atom is 0.254 e. The summed E-state index contributed by atoms with van der Waals surface area (Å²) in [4.78, 5) is 22.9. The minimum absolute atomic E-state index is 0.0580. The molecule has 1 aromatic carbocycles. The Balaban J connectivity index is 1.50. The number of anilines is 1. The van der Waals surface area contributed by atoms with Gasteiger partial charge in [-0.25, -0.2) is 13.8 Å². The third kappa shape index (κ3) is 3.44. The van der Waals surface area contributed by atoms with Crippen molar-refractivity contribution in [1.82, 2.24) is 25.1 Å². The molecule has 0 spiro atoms. The number of rotatable bonds is 4. The highest BCUT2D eigenvalue weighted by atomic mass is 19.2. The van der Waals surface area contributed by atoms with E-state index in [0.717, 1.165) is 31.5 Å². The van der Waals surface area contributed by atoms with Gasteiger partial charge in [0.25, 0.3) is 5.91 Å². The summed E-state index contributed by atoms with van der Waals surface area (Å²) in [6.45, 7) is 1.21. The number of nitrogens with one attached hydrogen (secondary N) is 1. The third-order valence-corrected chi connectivity index (χ3v) is 4.71. The SMILES string of the molecule is Cn1cc(C(=O)NCC2CCCN2c2cnc3cc(F)c(F)cc3n2)cn1. The highest BCUT2D eigenvalue weighted by Gasteiger charge is 2.27. The molecule has 0 aliphatic carbocycles. The number of hydrogen-bond acceptors (Lipinski definition) is 5. The fraction of sp³-hybridized carbons (Fsp3) is 0.333. The lowest BCUT2D eigenvalue weighted by molar-refractivity contribution is 0.0951. The first-order valence-corrected chi connectivity index (χ1v) is 8.66. The van der Waals surface area contributed by atoms with Crippen molar-refractivity contribution in [3.8, 4) is 0 Å². The van der Waals surface area contributed by atoms with Crippen LogP contribution in [0, 0.1) is 11.6 Å². The predicted octanol–water partition coefficient (Wildman–Crippen LogP) is 2.04. The van der Waals surface area contributed by atoms with Gasteiger partial charge in [0, 0.05) is 44.5 Å². The topological polar surface area (TPSA) is 75.9 Å². The molecule has 7 nitrogen and oxygen atoms in total. The van der Waals surface area contributed by atoms with Gasteiger partial charge in [0.2, 0.25) is 0 Å². The summed E-state index contributed by atoms with van der Waals surface area (Å²) in [5, 5.41) is 6.91. The molecule has 0 bridgehead atoms. The summed E-state index contributed by atoms with van der Waals surface area (Å²) >= 11 is 0. The van der Waals surface area contributed by atoms with Crippen LogP contribution in [0.25, 0.3) is 11.0 Å². The van der Waals surface area contributed by atoms with Crippen LogP contribution in [0.3, 0.4) is 0 Å². The van der Waals surface area contributed by atoms with Gasteiger partial charge in [-0.1, -0.05) is 0 Å². The van der Waals surface area contributed by atoms with E-state index in [1.54, 1.807) is 24.1 Å². The number of aryl methyl sites for hydroxylation is 1. The van der Waals surface area contributed by atoms with Gasteiger partial charge in [0.05, 0.1) is 29.0 Å². The number of aromatic nitrogens is 4. The Kier molecular flexibility index (Phi) is 4.43. The molecule has 1 fully saturated rings. The van der Waals surface area contributed by atoms with Crippen LogP contribution in [-0.4, -0.2) is 44.8 Å². The highest BCUT2D eigenvalue weighted by molar-refractivity contribution is 5.93. The predicted molar refractivity (Wildman–Crippen MR) is 95.4 cm³/mol. The molecule has 0 radical (unpaired) electrons. The minimum atomic E-state index is -0.948. The van der Waals surface area contributed by atoms with Crippen molar-refractivity contribution in [2.75, 3.05) is 18.0 Å². The Labute approximate surface area is 154 Å². The van der Waals surface area contributed by atoms with Crippen LogP contribution in [0.2, 0.25) is 0 Å². The van der Waals surface area contributed by atoms with Gasteiger partial charge in [-0.05, 0) is 12.8 Å². The second-order valence-electron chi connectivity index (χ2n) is 6.59. The van der Waals surface area contributed by atoms with Crippen LogP contribution in [0.15, 0.2) is 30.7 Å². The summed E-state index contributed by atoms with van der Waals surface area (Å²) in [5.41, 5.74) is 1.11. The first-order chi connectivity index (χ1) is 13.0. The quantitative estimate of drug-likeness (QED) is 0.759. The largest absolute Gasteiger partial charge is 0.351 e. The van der Waals surface area contributed by atoms with E-state index in [1.807, 2.05) is 4.90 Å². The zero-order valence-electron chi connectivity index (χ0n) is 14.7. The van der Waals surface area contributed by atoms with Crippen molar-refractivity contribution in [1.29, 1.82) is 0 Å². The number of nitrogens with zero attached hydrogens (tertiary/aromatic N) is 5. The van der Waals surface area contributed by atoms with Crippen molar-refractivity contribution >= 4 is 22.8 Å². The third-order valence-electron chi connectivity index (χ3n) is 4.71. The standard InChI is InChI=1S/C18H18F2N6O/c1-25-10-11(7-23-25)18(27)22-8-12-3-2-4-26(12)17-9-21-15-5-13(19)14(20)6-16(15)24-17/h5-7,9-10,12H,2-4,8H2,1H3,(H,22,27). The number of halogens is 2. The smallest absolute Gasteiger partial charge is 0.254 e. The van der Waals surface area contributed by atoms with Crippen molar-refractivity contribution in [3.05, 3.63) is 47.9 Å². The summed E-state index contributed by atoms with van der Waals surface area (Å²) in [6.07, 6.45) is 6.57. The maximum atomic E-state index is 13.5. The zero-order valence-corrected chi connectivity index (χ0v) is 14.7. The number of hydrogen-bond donors (Lipinski definition) is 1. The Morgan fingerprint density at radius 3 is 2.78 bits per heavy atom. The summed E-state index contributed by atoms with van der Waals surface area (Å²) in [6, 6.07) is 2.15. The van der Waals surface area contributed by atoms with E-state index in [4.69, 9.17) is 0 Å². The normalized spacial score (nSPS) is 16.9. The number of benzene rings is 1. The van der Waals surface area contributed by atoms with Crippen LogP contribution >= 0.6 is 0 Å². The summed E-state index contributed by atoms with van der Waals surface area (Å²) < 4.78 is 28.4. The molecule has 1 saturated heterocycles. The van der Waals surface area contributed by atoms with E-state index in [0.29, 0.717) is 29.0 Å². The van der Waals surface area contributed by atoms with Gasteiger partial charge in [0.15, 0.2) is 11.6 Å². The molecule has 2 aromatic heterocycles. The average Bonchev–Trinajstić information content (AvgIpc) is 3.29. The average molecular weight is 372 g/mol. The first kappa shape index (κ1) is 17.3. The van der Waals surface area contributed by atoms with Gasteiger partial charge in [-0.2, -0.15) is 5.10 Å². The molecule has 9 heteroatoms. The molecule has 1 amide bonds. The minimum Gasteiger partial charge on any atom is -0.351 e. The van der Waals surface area contributed by atoms with Crippen LogP contribution < -0.4 is 10.2 Å². The molecular weight excluding hydrogens is 354 g/mol.